The highest BCUT2D eigenvalue weighted by Crippen LogP contribution is 2.59. The number of nitrogens with one attached hydrogen (secondary N) is 1. The van der Waals surface area contributed by atoms with Crippen LogP contribution in [-0.2, 0) is 13.8 Å². The van der Waals surface area contributed by atoms with Gasteiger partial charge >= 0.3 is 7.60 Å². The van der Waals surface area contributed by atoms with Crippen LogP contribution in [0.2, 0.25) is 0 Å². The van der Waals surface area contributed by atoms with Gasteiger partial charge in [-0.3, -0.25) is 18.5 Å². The van der Waals surface area contributed by atoms with Crippen LogP contribution in [0.1, 0.15) is 59.6 Å². The van der Waals surface area contributed by atoms with Gasteiger partial charge in [0.05, 0.1) is 24.4 Å². The molecule has 3 unspecified atom stereocenters. The molecule has 0 aliphatic carbocycles. The van der Waals surface area contributed by atoms with Crippen LogP contribution in [0.4, 0.5) is 0 Å². The highest BCUT2D eigenvalue weighted by atomic mass is 31.2. The van der Waals surface area contributed by atoms with Gasteiger partial charge in [-0.05, 0) is 26.2 Å². The molecule has 1 aliphatic heterocycles. The van der Waals surface area contributed by atoms with Crippen LogP contribution in [0.25, 0.3) is 11.2 Å². The second-order valence-corrected chi connectivity index (χ2v) is 10.6. The average molecular weight is 474 g/mol. The summed E-state index contributed by atoms with van der Waals surface area (Å²) in [7, 11) is -4.45. The minimum atomic E-state index is -4.45. The Kier molecular flexibility index (Phi) is 6.98. The molecule has 0 amide bonds. The van der Waals surface area contributed by atoms with Crippen molar-refractivity contribution in [1.29, 1.82) is 0 Å². The molecule has 5 N–H and O–H groups in total. The summed E-state index contributed by atoms with van der Waals surface area (Å²) < 4.78 is 25.8. The fourth-order valence-corrected chi connectivity index (χ4v) is 5.26. The van der Waals surface area contributed by atoms with Crippen molar-refractivity contribution in [3.05, 3.63) is 23.0 Å². The molecule has 32 heavy (non-hydrogen) atoms. The number of ether oxygens (including phenoxy) is 1. The summed E-state index contributed by atoms with van der Waals surface area (Å²) in [4.78, 5) is 32.8. The van der Waals surface area contributed by atoms with Gasteiger partial charge in [0.1, 0.15) is 12.2 Å². The maximum Gasteiger partial charge on any atom is 0.359 e. The number of aromatic nitrogens is 4. The second kappa shape index (κ2) is 8.94. The third kappa shape index (κ3) is 4.28. The van der Waals surface area contributed by atoms with Crippen molar-refractivity contribution in [2.24, 2.45) is 0 Å². The zero-order chi connectivity index (χ0) is 23.9. The largest absolute Gasteiger partial charge is 0.388 e. The number of fused-ring (bicyclic) bond motifs is 1. The highest BCUT2D eigenvalue weighted by molar-refractivity contribution is 7.54. The third-order valence-corrected chi connectivity index (χ3v) is 8.60. The van der Waals surface area contributed by atoms with Gasteiger partial charge in [-0.25, -0.2) is 9.97 Å². The molecule has 13 heteroatoms. The Morgan fingerprint density at radius 2 is 1.88 bits per heavy atom. The third-order valence-electron chi connectivity index (χ3n) is 6.43. The van der Waals surface area contributed by atoms with Crippen LogP contribution < -0.4 is 5.56 Å². The maximum absolute atomic E-state index is 12.8. The Labute approximate surface area is 184 Å². The Morgan fingerprint density at radius 1 is 1.22 bits per heavy atom. The number of aromatic amines is 1. The van der Waals surface area contributed by atoms with E-state index in [0.29, 0.717) is 12.8 Å². The van der Waals surface area contributed by atoms with Crippen molar-refractivity contribution < 1.29 is 34.0 Å². The Bertz CT molecular complexity index is 1050. The summed E-state index contributed by atoms with van der Waals surface area (Å²) >= 11 is 0. The van der Waals surface area contributed by atoms with Gasteiger partial charge in [0.15, 0.2) is 22.7 Å². The standard InChI is InChI=1S/C19H31N4O8P/c1-5-18(4,27)32(28,29)31-19(6-2,7-3)8-11-13(24)14(25)17(30-11)23-10-22-12-15(23)20-9-21-16(12)26/h9-11,13-14,17,24-25,27H,5-8H2,1-4H3,(H,28,29)(H,20,21,26)/t11?,13-,14-,17-,18?/m1/s1. The van der Waals surface area contributed by atoms with Crippen molar-refractivity contribution in [2.75, 3.05) is 0 Å². The molecule has 6 atom stereocenters. The fraction of sp³-hybridized carbons (Fsp3) is 0.737. The molecule has 0 aromatic carbocycles. The summed E-state index contributed by atoms with van der Waals surface area (Å²) in [5, 5.41) is 29.7. The molecule has 12 nitrogen and oxygen atoms in total. The molecule has 1 fully saturated rings. The number of aliphatic hydroxyl groups is 3. The van der Waals surface area contributed by atoms with Gasteiger partial charge in [0, 0.05) is 6.42 Å². The molecule has 0 bridgehead atoms. The Balaban J connectivity index is 1.88. The highest BCUT2D eigenvalue weighted by Gasteiger charge is 2.51. The minimum absolute atomic E-state index is 0.00740. The first-order valence-corrected chi connectivity index (χ1v) is 12.2. The zero-order valence-corrected chi connectivity index (χ0v) is 19.4. The van der Waals surface area contributed by atoms with Crippen LogP contribution >= 0.6 is 7.60 Å². The first kappa shape index (κ1) is 25.0. The van der Waals surface area contributed by atoms with E-state index in [1.807, 2.05) is 0 Å². The summed E-state index contributed by atoms with van der Waals surface area (Å²) in [6.07, 6.45) is -1.68. The number of H-pyrrole nitrogens is 1. The predicted octanol–water partition coefficient (Wildman–Crippen LogP) is 1.01. The molecule has 3 rings (SSSR count). The molecule has 0 spiro atoms. The molecule has 1 aliphatic rings. The first-order valence-electron chi connectivity index (χ1n) is 10.6. The van der Waals surface area contributed by atoms with Gasteiger partial charge in [-0.2, -0.15) is 0 Å². The van der Waals surface area contributed by atoms with E-state index in [1.54, 1.807) is 20.8 Å². The van der Waals surface area contributed by atoms with E-state index < -0.39 is 48.6 Å². The van der Waals surface area contributed by atoms with Crippen LogP contribution in [0.15, 0.2) is 17.4 Å². The lowest BCUT2D eigenvalue weighted by Crippen LogP contribution is -2.41. The summed E-state index contributed by atoms with van der Waals surface area (Å²) in [5.74, 6) is 0. The monoisotopic (exact) mass is 474 g/mol. The molecular formula is C19H31N4O8P. The Hall–Kier alpha value is -1.66. The zero-order valence-electron chi connectivity index (χ0n) is 18.5. The van der Waals surface area contributed by atoms with E-state index in [-0.39, 0.29) is 24.0 Å². The molecule has 2 aromatic heterocycles. The number of aliphatic hydroxyl groups excluding tert-OH is 2. The lowest BCUT2D eigenvalue weighted by Gasteiger charge is -2.39. The number of nitrogens with zero attached hydrogens (tertiary/aromatic N) is 3. The van der Waals surface area contributed by atoms with Gasteiger partial charge in [-0.15, -0.1) is 0 Å². The van der Waals surface area contributed by atoms with Crippen LogP contribution in [0.3, 0.4) is 0 Å². The van der Waals surface area contributed by atoms with Crippen molar-refractivity contribution >= 4 is 18.8 Å². The SMILES string of the molecule is CCC(CC)(CC1O[C@@H](n2cnc3c(=O)[nH]cnc32)[C@H](O)[C@@H]1O)OP(=O)(O)C(C)(O)CC. The quantitative estimate of drug-likeness (QED) is 0.329. The normalized spacial score (nSPS) is 28.0. The summed E-state index contributed by atoms with van der Waals surface area (Å²) in [5.41, 5.74) is -1.41. The number of imidazole rings is 1. The van der Waals surface area contributed by atoms with Crippen LogP contribution in [0, 0.1) is 0 Å². The lowest BCUT2D eigenvalue weighted by atomic mass is 9.88. The van der Waals surface area contributed by atoms with Crippen LogP contribution in [-0.4, -0.2) is 69.0 Å². The molecule has 0 radical (unpaired) electrons. The van der Waals surface area contributed by atoms with Gasteiger partial charge < -0.3 is 29.9 Å². The molecule has 3 heterocycles. The molecule has 0 saturated carbocycles. The van der Waals surface area contributed by atoms with Crippen molar-refractivity contribution in [3.63, 3.8) is 0 Å². The topological polar surface area (TPSA) is 180 Å². The summed E-state index contributed by atoms with van der Waals surface area (Å²) in [6.45, 7) is 6.34. The molecule has 180 valence electrons. The van der Waals surface area contributed by atoms with E-state index in [2.05, 4.69) is 15.0 Å². The number of hydrogen-bond acceptors (Lipinski definition) is 9. The van der Waals surface area contributed by atoms with E-state index in [9.17, 15) is 29.6 Å². The van der Waals surface area contributed by atoms with Crippen molar-refractivity contribution in [2.45, 2.75) is 88.9 Å². The van der Waals surface area contributed by atoms with E-state index >= 15 is 0 Å². The lowest BCUT2D eigenvalue weighted by molar-refractivity contribution is -0.0753. The first-order chi connectivity index (χ1) is 14.9. The second-order valence-electron chi connectivity index (χ2n) is 8.38. The maximum atomic E-state index is 12.8. The number of rotatable bonds is 9. The molecule has 2 aromatic rings. The van der Waals surface area contributed by atoms with E-state index in [0.717, 1.165) is 0 Å². The molecule has 1 saturated heterocycles. The van der Waals surface area contributed by atoms with Gasteiger partial charge in [0.2, 0.25) is 0 Å². The predicted molar refractivity (Wildman–Crippen MR) is 114 cm³/mol. The minimum Gasteiger partial charge on any atom is -0.388 e. The van der Waals surface area contributed by atoms with E-state index in [4.69, 9.17) is 9.26 Å². The Morgan fingerprint density at radius 3 is 2.47 bits per heavy atom. The average Bonchev–Trinajstić information content (AvgIpc) is 3.30. The number of hydrogen-bond donors (Lipinski definition) is 5. The smallest absolute Gasteiger partial charge is 0.359 e. The van der Waals surface area contributed by atoms with Crippen molar-refractivity contribution in [3.8, 4) is 0 Å². The van der Waals surface area contributed by atoms with Gasteiger partial charge in [-0.1, -0.05) is 20.8 Å². The van der Waals surface area contributed by atoms with E-state index in [1.165, 1.54) is 24.1 Å². The fourth-order valence-electron chi connectivity index (χ4n) is 3.81. The molecular weight excluding hydrogens is 443 g/mol. The van der Waals surface area contributed by atoms with Crippen molar-refractivity contribution in [1.82, 2.24) is 19.5 Å². The summed E-state index contributed by atoms with van der Waals surface area (Å²) in [6, 6.07) is 0. The van der Waals surface area contributed by atoms with Gasteiger partial charge in [0.25, 0.3) is 5.56 Å². The van der Waals surface area contributed by atoms with Crippen LogP contribution in [0.5, 0.6) is 0 Å².